The van der Waals surface area contributed by atoms with E-state index >= 15 is 0 Å². The van der Waals surface area contributed by atoms with Gasteiger partial charge in [-0.2, -0.15) is 13.2 Å². The molecule has 2 aromatic rings. The van der Waals surface area contributed by atoms with E-state index in [1.165, 1.54) is 12.1 Å². The van der Waals surface area contributed by atoms with E-state index in [1.807, 2.05) is 0 Å². The molecule has 1 N–H and O–H groups in total. The first-order valence-electron chi connectivity index (χ1n) is 5.91. The number of hydrogen-bond acceptors (Lipinski definition) is 3. The molecule has 1 aromatic carbocycles. The molecule has 112 valence electrons. The van der Waals surface area contributed by atoms with Crippen molar-refractivity contribution in [1.82, 2.24) is 10.3 Å². The summed E-state index contributed by atoms with van der Waals surface area (Å²) >= 11 is 0.640. The van der Waals surface area contributed by atoms with Crippen LogP contribution in [0, 0.1) is 5.82 Å². The lowest BCUT2D eigenvalue weighted by atomic mass is 10.1. The molecule has 3 nitrogen and oxygen atoms in total. The van der Waals surface area contributed by atoms with Crippen molar-refractivity contribution in [2.75, 3.05) is 6.54 Å². The molecule has 0 atom stereocenters. The third kappa shape index (κ3) is 4.01. The number of amides is 1. The molecule has 0 aliphatic heterocycles. The van der Waals surface area contributed by atoms with Crippen LogP contribution in [0.5, 0.6) is 0 Å². The van der Waals surface area contributed by atoms with E-state index in [9.17, 15) is 22.4 Å². The summed E-state index contributed by atoms with van der Waals surface area (Å²) in [6.07, 6.45) is -4.25. The minimum absolute atomic E-state index is 0.152. The summed E-state index contributed by atoms with van der Waals surface area (Å²) in [6, 6.07) is 5.66. The van der Waals surface area contributed by atoms with Crippen LogP contribution in [0.15, 0.2) is 29.8 Å². The minimum atomic E-state index is -4.65. The van der Waals surface area contributed by atoms with Crippen molar-refractivity contribution in [1.29, 1.82) is 0 Å². The largest absolute Gasteiger partial charge is 0.434 e. The highest BCUT2D eigenvalue weighted by Crippen LogP contribution is 2.32. The summed E-state index contributed by atoms with van der Waals surface area (Å²) in [5, 5.41) is 2.40. The number of nitrogens with one attached hydrogen (secondary N) is 1. The Morgan fingerprint density at radius 1 is 1.24 bits per heavy atom. The summed E-state index contributed by atoms with van der Waals surface area (Å²) < 4.78 is 50.5. The Morgan fingerprint density at radius 3 is 2.52 bits per heavy atom. The number of alkyl halides is 3. The molecule has 1 amide bonds. The van der Waals surface area contributed by atoms with E-state index in [-0.39, 0.29) is 12.4 Å². The number of benzene rings is 1. The average molecular weight is 318 g/mol. The normalized spacial score (nSPS) is 11.4. The van der Waals surface area contributed by atoms with E-state index in [2.05, 4.69) is 10.3 Å². The van der Waals surface area contributed by atoms with Crippen molar-refractivity contribution in [3.63, 3.8) is 0 Å². The van der Waals surface area contributed by atoms with Crippen LogP contribution in [0.4, 0.5) is 17.6 Å². The van der Waals surface area contributed by atoms with Crippen molar-refractivity contribution < 1.29 is 22.4 Å². The Kier molecular flexibility index (Phi) is 4.56. The Bertz CT molecular complexity index is 622. The molecular formula is C13H10F4N2OS. The molecule has 0 bridgehead atoms. The Morgan fingerprint density at radius 2 is 1.90 bits per heavy atom. The van der Waals surface area contributed by atoms with Crippen LogP contribution in [0.25, 0.3) is 0 Å². The quantitative estimate of drug-likeness (QED) is 0.879. The summed E-state index contributed by atoms with van der Waals surface area (Å²) in [6.45, 7) is 0.152. The topological polar surface area (TPSA) is 42.0 Å². The Labute approximate surface area is 121 Å². The van der Waals surface area contributed by atoms with Gasteiger partial charge in [0.25, 0.3) is 5.91 Å². The molecule has 1 aromatic heterocycles. The van der Waals surface area contributed by atoms with Crippen LogP contribution in [0.3, 0.4) is 0 Å². The van der Waals surface area contributed by atoms with Gasteiger partial charge in [-0.05, 0) is 24.1 Å². The molecule has 1 heterocycles. The number of aromatic nitrogens is 1. The second-order valence-corrected chi connectivity index (χ2v) is 5.01. The summed E-state index contributed by atoms with van der Waals surface area (Å²) in [5.74, 6) is -1.19. The van der Waals surface area contributed by atoms with Crippen molar-refractivity contribution >= 4 is 17.2 Å². The highest BCUT2D eigenvalue weighted by atomic mass is 32.1. The fourth-order valence-electron chi connectivity index (χ4n) is 1.66. The van der Waals surface area contributed by atoms with Gasteiger partial charge in [0.2, 0.25) is 0 Å². The van der Waals surface area contributed by atoms with Gasteiger partial charge in [-0.15, -0.1) is 11.3 Å². The molecule has 0 aliphatic rings. The standard InChI is InChI=1S/C13H10F4N2OS/c14-9-3-1-8(2-4-9)5-6-18-12(20)10-11(13(15,16)17)19-7-21-10/h1-4,7H,5-6H2,(H,18,20). The third-order valence-corrected chi connectivity index (χ3v) is 3.48. The van der Waals surface area contributed by atoms with Gasteiger partial charge in [-0.3, -0.25) is 4.79 Å². The summed E-state index contributed by atoms with van der Waals surface area (Å²) in [7, 11) is 0. The lowest BCUT2D eigenvalue weighted by Gasteiger charge is -2.07. The zero-order valence-electron chi connectivity index (χ0n) is 10.6. The average Bonchev–Trinajstić information content (AvgIpc) is 2.90. The van der Waals surface area contributed by atoms with Crippen LogP contribution >= 0.6 is 11.3 Å². The Hall–Kier alpha value is -1.96. The first-order valence-corrected chi connectivity index (χ1v) is 6.79. The smallest absolute Gasteiger partial charge is 0.351 e. The van der Waals surface area contributed by atoms with Gasteiger partial charge in [0.1, 0.15) is 10.7 Å². The van der Waals surface area contributed by atoms with E-state index in [4.69, 9.17) is 0 Å². The van der Waals surface area contributed by atoms with E-state index in [0.717, 1.165) is 11.1 Å². The monoisotopic (exact) mass is 318 g/mol. The highest BCUT2D eigenvalue weighted by Gasteiger charge is 2.38. The van der Waals surface area contributed by atoms with Crippen molar-refractivity contribution in [2.45, 2.75) is 12.6 Å². The lowest BCUT2D eigenvalue weighted by molar-refractivity contribution is -0.141. The number of hydrogen-bond donors (Lipinski definition) is 1. The first kappa shape index (κ1) is 15.4. The zero-order chi connectivity index (χ0) is 15.5. The molecule has 21 heavy (non-hydrogen) atoms. The van der Waals surface area contributed by atoms with Crippen LogP contribution in [-0.4, -0.2) is 17.4 Å². The van der Waals surface area contributed by atoms with Crippen LogP contribution in [-0.2, 0) is 12.6 Å². The molecule has 0 unspecified atom stereocenters. The molecule has 8 heteroatoms. The number of nitrogens with zero attached hydrogens (tertiary/aromatic N) is 1. The van der Waals surface area contributed by atoms with E-state index < -0.39 is 22.7 Å². The number of thiazole rings is 1. The number of rotatable bonds is 4. The zero-order valence-corrected chi connectivity index (χ0v) is 11.4. The third-order valence-electron chi connectivity index (χ3n) is 2.65. The summed E-state index contributed by atoms with van der Waals surface area (Å²) in [4.78, 5) is 14.4. The van der Waals surface area contributed by atoms with Gasteiger partial charge in [-0.1, -0.05) is 12.1 Å². The van der Waals surface area contributed by atoms with Gasteiger partial charge in [-0.25, -0.2) is 9.37 Å². The summed E-state index contributed by atoms with van der Waals surface area (Å²) in [5.41, 5.74) is 0.585. The van der Waals surface area contributed by atoms with Crippen molar-refractivity contribution in [3.05, 3.63) is 51.7 Å². The molecular weight excluding hydrogens is 308 g/mol. The SMILES string of the molecule is O=C(NCCc1ccc(F)cc1)c1scnc1C(F)(F)F. The second-order valence-electron chi connectivity index (χ2n) is 4.16. The number of carbonyl (C=O) groups is 1. The maximum atomic E-state index is 12.7. The number of carbonyl (C=O) groups excluding carboxylic acids is 1. The van der Waals surface area contributed by atoms with Gasteiger partial charge in [0, 0.05) is 6.54 Å². The lowest BCUT2D eigenvalue weighted by Crippen LogP contribution is -2.27. The molecule has 0 saturated heterocycles. The molecule has 0 radical (unpaired) electrons. The predicted octanol–water partition coefficient (Wildman–Crippen LogP) is 3.27. The molecule has 0 fully saturated rings. The van der Waals surface area contributed by atoms with Crippen LogP contribution in [0.1, 0.15) is 20.9 Å². The molecule has 2 rings (SSSR count). The Balaban J connectivity index is 1.94. The minimum Gasteiger partial charge on any atom is -0.351 e. The van der Waals surface area contributed by atoms with Crippen molar-refractivity contribution in [2.24, 2.45) is 0 Å². The maximum absolute atomic E-state index is 12.7. The van der Waals surface area contributed by atoms with Gasteiger partial charge in [0.05, 0.1) is 5.51 Å². The highest BCUT2D eigenvalue weighted by molar-refractivity contribution is 7.11. The van der Waals surface area contributed by atoms with Gasteiger partial charge >= 0.3 is 6.18 Å². The van der Waals surface area contributed by atoms with Crippen LogP contribution < -0.4 is 5.32 Å². The predicted molar refractivity (Wildman–Crippen MR) is 69.6 cm³/mol. The molecule has 0 spiro atoms. The van der Waals surface area contributed by atoms with Crippen molar-refractivity contribution in [3.8, 4) is 0 Å². The van der Waals surface area contributed by atoms with E-state index in [0.29, 0.717) is 17.8 Å². The van der Waals surface area contributed by atoms with Gasteiger partial charge < -0.3 is 5.32 Å². The van der Waals surface area contributed by atoms with E-state index in [1.54, 1.807) is 12.1 Å². The fraction of sp³-hybridized carbons (Fsp3) is 0.231. The fourth-order valence-corrected chi connectivity index (χ4v) is 2.38. The molecule has 0 saturated carbocycles. The first-order chi connectivity index (χ1) is 9.88. The number of halogens is 4. The van der Waals surface area contributed by atoms with Gasteiger partial charge in [0.15, 0.2) is 5.69 Å². The second kappa shape index (κ2) is 6.21. The van der Waals surface area contributed by atoms with Crippen LogP contribution in [0.2, 0.25) is 0 Å². The maximum Gasteiger partial charge on any atom is 0.434 e. The molecule has 0 aliphatic carbocycles.